The summed E-state index contributed by atoms with van der Waals surface area (Å²) in [5.74, 6) is 3.42. The van der Waals surface area contributed by atoms with E-state index in [1.54, 1.807) is 0 Å². The molecule has 0 saturated heterocycles. The molecule has 2 heteroatoms. The summed E-state index contributed by atoms with van der Waals surface area (Å²) >= 11 is 5.88. The van der Waals surface area contributed by atoms with Gasteiger partial charge in [-0.25, -0.2) is 0 Å². The number of aryl methyl sites for hydroxylation is 1. The molecule has 0 aliphatic heterocycles. The van der Waals surface area contributed by atoms with Gasteiger partial charge in [0, 0.05) is 11.4 Å². The Bertz CT molecular complexity index is 339. The molecule has 74 valence electrons. The molecule has 0 spiro atoms. The van der Waals surface area contributed by atoms with Crippen LogP contribution >= 0.6 is 11.6 Å². The van der Waals surface area contributed by atoms with Crippen molar-refractivity contribution < 1.29 is 4.74 Å². The Hall–Kier alpha value is -1.13. The number of benzene rings is 1. The SMILES string of the molecule is C#CCCCOc1ccc(Cl)c(C)c1. The fraction of sp³-hybridized carbons (Fsp3) is 0.333. The van der Waals surface area contributed by atoms with Gasteiger partial charge in [0.2, 0.25) is 0 Å². The summed E-state index contributed by atoms with van der Waals surface area (Å²) in [6.45, 7) is 2.61. The van der Waals surface area contributed by atoms with Gasteiger partial charge in [0.05, 0.1) is 6.61 Å². The van der Waals surface area contributed by atoms with Crippen LogP contribution in [-0.4, -0.2) is 6.61 Å². The first-order valence-corrected chi connectivity index (χ1v) is 4.94. The summed E-state index contributed by atoms with van der Waals surface area (Å²) in [6, 6.07) is 5.64. The van der Waals surface area contributed by atoms with E-state index in [1.807, 2.05) is 25.1 Å². The van der Waals surface area contributed by atoms with E-state index in [2.05, 4.69) is 5.92 Å². The third-order valence-electron chi connectivity index (χ3n) is 1.86. The van der Waals surface area contributed by atoms with Crippen LogP contribution in [0.1, 0.15) is 18.4 Å². The molecule has 1 rings (SSSR count). The van der Waals surface area contributed by atoms with Crippen molar-refractivity contribution in [1.29, 1.82) is 0 Å². The number of halogens is 1. The largest absolute Gasteiger partial charge is 0.494 e. The minimum Gasteiger partial charge on any atom is -0.494 e. The van der Waals surface area contributed by atoms with Gasteiger partial charge in [0.15, 0.2) is 0 Å². The molecule has 1 aromatic rings. The molecule has 0 aromatic heterocycles. The summed E-state index contributed by atoms with van der Waals surface area (Å²) in [4.78, 5) is 0. The van der Waals surface area contributed by atoms with Gasteiger partial charge in [-0.05, 0) is 37.1 Å². The van der Waals surface area contributed by atoms with Crippen molar-refractivity contribution in [3.63, 3.8) is 0 Å². The molecule has 0 heterocycles. The maximum absolute atomic E-state index is 5.88. The van der Waals surface area contributed by atoms with Crippen molar-refractivity contribution in [3.8, 4) is 18.1 Å². The van der Waals surface area contributed by atoms with E-state index < -0.39 is 0 Å². The van der Waals surface area contributed by atoms with E-state index in [-0.39, 0.29) is 0 Å². The zero-order chi connectivity index (χ0) is 10.4. The van der Waals surface area contributed by atoms with Crippen molar-refractivity contribution >= 4 is 11.6 Å². The molecule has 1 nitrogen and oxygen atoms in total. The molecular formula is C12H13ClO. The van der Waals surface area contributed by atoms with Crippen LogP contribution in [0.5, 0.6) is 5.75 Å². The van der Waals surface area contributed by atoms with E-state index in [9.17, 15) is 0 Å². The summed E-state index contributed by atoms with van der Waals surface area (Å²) < 4.78 is 5.49. The van der Waals surface area contributed by atoms with Crippen LogP contribution < -0.4 is 4.74 Å². The molecule has 0 amide bonds. The fourth-order valence-corrected chi connectivity index (χ4v) is 1.19. The highest BCUT2D eigenvalue weighted by atomic mass is 35.5. The van der Waals surface area contributed by atoms with Crippen molar-refractivity contribution in [1.82, 2.24) is 0 Å². The van der Waals surface area contributed by atoms with Crippen LogP contribution in [0, 0.1) is 19.3 Å². The predicted octanol–water partition coefficient (Wildman–Crippen LogP) is 3.44. The molecule has 0 aliphatic carbocycles. The maximum atomic E-state index is 5.88. The number of terminal acetylenes is 1. The molecular weight excluding hydrogens is 196 g/mol. The van der Waals surface area contributed by atoms with Gasteiger partial charge < -0.3 is 4.74 Å². The van der Waals surface area contributed by atoms with Gasteiger partial charge >= 0.3 is 0 Å². The minimum atomic E-state index is 0.658. The second-order valence-electron chi connectivity index (χ2n) is 3.07. The van der Waals surface area contributed by atoms with Crippen molar-refractivity contribution in [2.24, 2.45) is 0 Å². The Kier molecular flexibility index (Phi) is 4.35. The van der Waals surface area contributed by atoms with Gasteiger partial charge in [-0.3, -0.25) is 0 Å². The lowest BCUT2D eigenvalue weighted by atomic mass is 10.2. The quantitative estimate of drug-likeness (QED) is 0.544. The minimum absolute atomic E-state index is 0.658. The first kappa shape index (κ1) is 10.9. The maximum Gasteiger partial charge on any atom is 0.119 e. The molecule has 0 unspecified atom stereocenters. The third-order valence-corrected chi connectivity index (χ3v) is 2.29. The third kappa shape index (κ3) is 3.32. The molecule has 0 N–H and O–H groups in total. The number of hydrogen-bond donors (Lipinski definition) is 0. The number of hydrogen-bond acceptors (Lipinski definition) is 1. The van der Waals surface area contributed by atoms with Gasteiger partial charge in [0.1, 0.15) is 5.75 Å². The smallest absolute Gasteiger partial charge is 0.119 e. The Morgan fingerprint density at radius 2 is 2.29 bits per heavy atom. The van der Waals surface area contributed by atoms with E-state index in [1.165, 1.54) is 0 Å². The van der Waals surface area contributed by atoms with Crippen LogP contribution in [-0.2, 0) is 0 Å². The van der Waals surface area contributed by atoms with Crippen LogP contribution in [0.4, 0.5) is 0 Å². The van der Waals surface area contributed by atoms with Crippen LogP contribution in [0.25, 0.3) is 0 Å². The average molecular weight is 209 g/mol. The monoisotopic (exact) mass is 208 g/mol. The van der Waals surface area contributed by atoms with Crippen LogP contribution in [0.2, 0.25) is 5.02 Å². The molecule has 0 aliphatic rings. The lowest BCUT2D eigenvalue weighted by molar-refractivity contribution is 0.313. The van der Waals surface area contributed by atoms with Crippen LogP contribution in [0.3, 0.4) is 0 Å². The summed E-state index contributed by atoms with van der Waals surface area (Å²) in [7, 11) is 0. The van der Waals surface area contributed by atoms with E-state index >= 15 is 0 Å². The standard InChI is InChI=1S/C12H13ClO/c1-3-4-5-8-14-11-6-7-12(13)10(2)9-11/h1,6-7,9H,4-5,8H2,2H3. The lowest BCUT2D eigenvalue weighted by Gasteiger charge is -2.06. The highest BCUT2D eigenvalue weighted by molar-refractivity contribution is 6.31. The number of rotatable bonds is 4. The highest BCUT2D eigenvalue weighted by Gasteiger charge is 1.97. The first-order valence-electron chi connectivity index (χ1n) is 4.56. The van der Waals surface area contributed by atoms with Crippen molar-refractivity contribution in [2.45, 2.75) is 19.8 Å². The molecule has 0 atom stereocenters. The van der Waals surface area contributed by atoms with Crippen LogP contribution in [0.15, 0.2) is 18.2 Å². The molecule has 0 bridgehead atoms. The van der Waals surface area contributed by atoms with Gasteiger partial charge in [-0.15, -0.1) is 12.3 Å². The zero-order valence-corrected chi connectivity index (χ0v) is 8.97. The Balaban J connectivity index is 2.44. The van der Waals surface area contributed by atoms with Crippen molar-refractivity contribution in [3.05, 3.63) is 28.8 Å². The Morgan fingerprint density at radius 3 is 2.93 bits per heavy atom. The van der Waals surface area contributed by atoms with Crippen molar-refractivity contribution in [2.75, 3.05) is 6.61 Å². The topological polar surface area (TPSA) is 9.23 Å². The normalized spacial score (nSPS) is 9.50. The first-order chi connectivity index (χ1) is 6.74. The fourth-order valence-electron chi connectivity index (χ4n) is 1.07. The Labute approximate surface area is 90.0 Å². The molecule has 0 saturated carbocycles. The number of unbranched alkanes of at least 4 members (excludes halogenated alkanes) is 1. The molecule has 14 heavy (non-hydrogen) atoms. The van der Waals surface area contributed by atoms with E-state index in [4.69, 9.17) is 22.8 Å². The molecule has 0 radical (unpaired) electrons. The highest BCUT2D eigenvalue weighted by Crippen LogP contribution is 2.21. The second kappa shape index (κ2) is 5.57. The molecule has 1 aromatic carbocycles. The van der Waals surface area contributed by atoms with E-state index in [0.29, 0.717) is 6.61 Å². The zero-order valence-electron chi connectivity index (χ0n) is 8.22. The van der Waals surface area contributed by atoms with E-state index in [0.717, 1.165) is 29.2 Å². The van der Waals surface area contributed by atoms with Gasteiger partial charge in [0.25, 0.3) is 0 Å². The van der Waals surface area contributed by atoms with Gasteiger partial charge in [-0.1, -0.05) is 11.6 Å². The summed E-state index contributed by atoms with van der Waals surface area (Å²) in [6.07, 6.45) is 6.77. The average Bonchev–Trinajstić information content (AvgIpc) is 2.18. The second-order valence-corrected chi connectivity index (χ2v) is 3.47. The lowest BCUT2D eigenvalue weighted by Crippen LogP contribution is -1.96. The predicted molar refractivity (Wildman–Crippen MR) is 59.8 cm³/mol. The Morgan fingerprint density at radius 1 is 1.50 bits per heavy atom. The summed E-state index contributed by atoms with van der Waals surface area (Å²) in [5.41, 5.74) is 1.03. The van der Waals surface area contributed by atoms with Gasteiger partial charge in [-0.2, -0.15) is 0 Å². The molecule has 0 fully saturated rings. The number of ether oxygens (including phenoxy) is 1. The summed E-state index contributed by atoms with van der Waals surface area (Å²) in [5, 5.41) is 0.765.